The van der Waals surface area contributed by atoms with Crippen LogP contribution in [0.2, 0.25) is 5.02 Å². The number of para-hydroxylation sites is 1. The molecule has 0 atom stereocenters. The van der Waals surface area contributed by atoms with Gasteiger partial charge in [-0.15, -0.1) is 0 Å². The molecule has 2 aromatic carbocycles. The van der Waals surface area contributed by atoms with Gasteiger partial charge in [0, 0.05) is 5.02 Å². The third-order valence-electron chi connectivity index (χ3n) is 2.64. The van der Waals surface area contributed by atoms with Crippen LogP contribution in [-0.4, -0.2) is 8.42 Å². The van der Waals surface area contributed by atoms with Crippen molar-refractivity contribution in [2.45, 2.75) is 11.8 Å². The van der Waals surface area contributed by atoms with Gasteiger partial charge in [-0.25, -0.2) is 8.42 Å². The Balaban J connectivity index is 2.40. The maximum absolute atomic E-state index is 12.2. The molecule has 0 amide bonds. The monoisotopic (exact) mass is 296 g/mol. The van der Waals surface area contributed by atoms with Gasteiger partial charge in [0.15, 0.2) is 0 Å². The first-order valence-corrected chi connectivity index (χ1v) is 7.40. The lowest BCUT2D eigenvalue weighted by atomic mass is 10.2. The molecule has 0 saturated heterocycles. The molecular formula is C13H13ClN2O2S. The fourth-order valence-corrected chi connectivity index (χ4v) is 3.16. The van der Waals surface area contributed by atoms with Gasteiger partial charge < -0.3 is 5.73 Å². The van der Waals surface area contributed by atoms with Gasteiger partial charge in [-0.05, 0) is 42.8 Å². The molecule has 0 radical (unpaired) electrons. The number of nitrogen functional groups attached to an aromatic ring is 1. The topological polar surface area (TPSA) is 72.2 Å². The minimum atomic E-state index is -3.70. The molecule has 0 fully saturated rings. The normalized spacial score (nSPS) is 11.3. The summed E-state index contributed by atoms with van der Waals surface area (Å²) in [5, 5.41) is 0.555. The minimum Gasteiger partial charge on any atom is -0.398 e. The van der Waals surface area contributed by atoms with Crippen LogP contribution in [-0.2, 0) is 10.0 Å². The quantitative estimate of drug-likeness (QED) is 0.855. The summed E-state index contributed by atoms with van der Waals surface area (Å²) < 4.78 is 27.0. The van der Waals surface area contributed by atoms with Gasteiger partial charge in [-0.3, -0.25) is 4.72 Å². The van der Waals surface area contributed by atoms with Crippen molar-refractivity contribution in [3.63, 3.8) is 0 Å². The van der Waals surface area contributed by atoms with Crippen LogP contribution in [0.4, 0.5) is 11.4 Å². The Morgan fingerprint density at radius 3 is 2.47 bits per heavy atom. The van der Waals surface area contributed by atoms with Gasteiger partial charge in [-0.2, -0.15) is 0 Å². The van der Waals surface area contributed by atoms with E-state index in [2.05, 4.69) is 4.72 Å². The van der Waals surface area contributed by atoms with Crippen molar-refractivity contribution in [1.82, 2.24) is 0 Å². The van der Waals surface area contributed by atoms with Crippen molar-refractivity contribution in [2.24, 2.45) is 0 Å². The SMILES string of the molecule is Cc1cc(Cl)ccc1NS(=O)(=O)c1ccccc1N. The van der Waals surface area contributed by atoms with Crippen LogP contribution >= 0.6 is 11.6 Å². The van der Waals surface area contributed by atoms with Crippen molar-refractivity contribution >= 4 is 33.0 Å². The number of hydrogen-bond acceptors (Lipinski definition) is 3. The lowest BCUT2D eigenvalue weighted by Gasteiger charge is -2.12. The summed E-state index contributed by atoms with van der Waals surface area (Å²) >= 11 is 5.83. The summed E-state index contributed by atoms with van der Waals surface area (Å²) in [6.45, 7) is 1.78. The summed E-state index contributed by atoms with van der Waals surface area (Å²) in [4.78, 5) is 0.0596. The first-order valence-electron chi connectivity index (χ1n) is 5.53. The number of hydrogen-bond donors (Lipinski definition) is 2. The van der Waals surface area contributed by atoms with E-state index in [4.69, 9.17) is 17.3 Å². The number of halogens is 1. The molecule has 0 saturated carbocycles. The zero-order valence-electron chi connectivity index (χ0n) is 10.2. The summed E-state index contributed by atoms with van der Waals surface area (Å²) in [6.07, 6.45) is 0. The number of rotatable bonds is 3. The Labute approximate surface area is 117 Å². The van der Waals surface area contributed by atoms with Gasteiger partial charge in [0.05, 0.1) is 11.4 Å². The molecule has 0 spiro atoms. The summed E-state index contributed by atoms with van der Waals surface area (Å²) in [5.74, 6) is 0. The Morgan fingerprint density at radius 2 is 1.84 bits per heavy atom. The zero-order valence-corrected chi connectivity index (χ0v) is 11.8. The molecule has 0 aliphatic heterocycles. The second kappa shape index (κ2) is 5.11. The number of nitrogens with one attached hydrogen (secondary N) is 1. The number of benzene rings is 2. The minimum absolute atomic E-state index is 0.0596. The molecule has 2 aromatic rings. The molecule has 0 bridgehead atoms. The van der Waals surface area contributed by atoms with Crippen molar-refractivity contribution in [3.05, 3.63) is 53.1 Å². The second-order valence-corrected chi connectivity index (χ2v) is 6.19. The largest absolute Gasteiger partial charge is 0.398 e. The van der Waals surface area contributed by atoms with Crippen molar-refractivity contribution < 1.29 is 8.42 Å². The fraction of sp³-hybridized carbons (Fsp3) is 0.0769. The predicted octanol–water partition coefficient (Wildman–Crippen LogP) is 3.03. The molecule has 100 valence electrons. The Bertz CT molecular complexity index is 714. The number of anilines is 2. The summed E-state index contributed by atoms with van der Waals surface area (Å²) in [6, 6.07) is 11.2. The highest BCUT2D eigenvalue weighted by Crippen LogP contribution is 2.24. The molecule has 0 aromatic heterocycles. The molecule has 19 heavy (non-hydrogen) atoms. The van der Waals surface area contributed by atoms with E-state index in [0.29, 0.717) is 10.7 Å². The molecule has 6 heteroatoms. The van der Waals surface area contributed by atoms with Gasteiger partial charge in [0.2, 0.25) is 0 Å². The van der Waals surface area contributed by atoms with Crippen LogP contribution in [0.25, 0.3) is 0 Å². The van der Waals surface area contributed by atoms with E-state index in [1.54, 1.807) is 43.3 Å². The molecule has 4 nitrogen and oxygen atoms in total. The smallest absolute Gasteiger partial charge is 0.263 e. The lowest BCUT2D eigenvalue weighted by molar-refractivity contribution is 0.601. The van der Waals surface area contributed by atoms with E-state index in [0.717, 1.165) is 5.56 Å². The van der Waals surface area contributed by atoms with E-state index in [9.17, 15) is 8.42 Å². The Morgan fingerprint density at radius 1 is 1.16 bits per heavy atom. The van der Waals surface area contributed by atoms with E-state index >= 15 is 0 Å². The van der Waals surface area contributed by atoms with E-state index < -0.39 is 10.0 Å². The van der Waals surface area contributed by atoms with Crippen LogP contribution in [0.5, 0.6) is 0 Å². The molecular weight excluding hydrogens is 284 g/mol. The third kappa shape index (κ3) is 3.00. The standard InChI is InChI=1S/C13H13ClN2O2S/c1-9-8-10(14)6-7-12(9)16-19(17,18)13-5-3-2-4-11(13)15/h2-8,16H,15H2,1H3. The zero-order chi connectivity index (χ0) is 14.0. The van der Waals surface area contributed by atoms with Crippen molar-refractivity contribution in [1.29, 1.82) is 0 Å². The summed E-state index contributed by atoms with van der Waals surface area (Å²) in [5.41, 5.74) is 7.11. The maximum atomic E-state index is 12.2. The fourth-order valence-electron chi connectivity index (χ4n) is 1.67. The number of aryl methyl sites for hydroxylation is 1. The van der Waals surface area contributed by atoms with Crippen molar-refractivity contribution in [3.8, 4) is 0 Å². The molecule has 0 aliphatic carbocycles. The van der Waals surface area contributed by atoms with Crippen LogP contribution in [0.1, 0.15) is 5.56 Å². The highest BCUT2D eigenvalue weighted by Gasteiger charge is 2.17. The van der Waals surface area contributed by atoms with Crippen molar-refractivity contribution in [2.75, 3.05) is 10.5 Å². The van der Waals surface area contributed by atoms with Gasteiger partial charge >= 0.3 is 0 Å². The lowest BCUT2D eigenvalue weighted by Crippen LogP contribution is -2.15. The van der Waals surface area contributed by atoms with E-state index in [-0.39, 0.29) is 10.6 Å². The van der Waals surface area contributed by atoms with E-state index in [1.807, 2.05) is 0 Å². The highest BCUT2D eigenvalue weighted by atomic mass is 35.5. The molecule has 2 rings (SSSR count). The molecule has 0 aliphatic rings. The molecule has 0 heterocycles. The Hall–Kier alpha value is -1.72. The van der Waals surface area contributed by atoms with Crippen LogP contribution < -0.4 is 10.5 Å². The number of sulfonamides is 1. The van der Waals surface area contributed by atoms with Crippen LogP contribution in [0.15, 0.2) is 47.4 Å². The average Bonchev–Trinajstić information content (AvgIpc) is 2.33. The van der Waals surface area contributed by atoms with Gasteiger partial charge in [-0.1, -0.05) is 23.7 Å². The van der Waals surface area contributed by atoms with Crippen LogP contribution in [0, 0.1) is 6.92 Å². The Kier molecular flexibility index (Phi) is 3.68. The maximum Gasteiger partial charge on any atom is 0.263 e. The third-order valence-corrected chi connectivity index (χ3v) is 4.32. The molecule has 3 N–H and O–H groups in total. The molecule has 0 unspecified atom stereocenters. The first-order chi connectivity index (χ1) is 8.90. The van der Waals surface area contributed by atoms with Gasteiger partial charge in [0.25, 0.3) is 10.0 Å². The van der Waals surface area contributed by atoms with E-state index in [1.165, 1.54) is 6.07 Å². The number of nitrogens with two attached hydrogens (primary N) is 1. The second-order valence-electron chi connectivity index (χ2n) is 4.10. The summed E-state index contributed by atoms with van der Waals surface area (Å²) in [7, 11) is -3.70. The van der Waals surface area contributed by atoms with Crippen LogP contribution in [0.3, 0.4) is 0 Å². The average molecular weight is 297 g/mol. The van der Waals surface area contributed by atoms with Gasteiger partial charge in [0.1, 0.15) is 4.90 Å². The highest BCUT2D eigenvalue weighted by molar-refractivity contribution is 7.92. The first kappa shape index (κ1) is 13.7. The predicted molar refractivity (Wildman–Crippen MR) is 77.9 cm³/mol.